The van der Waals surface area contributed by atoms with E-state index in [1.54, 1.807) is 5.01 Å². The molecule has 1 saturated heterocycles. The van der Waals surface area contributed by atoms with E-state index in [0.717, 1.165) is 25.8 Å². The molecule has 17 heavy (non-hydrogen) atoms. The lowest BCUT2D eigenvalue weighted by Crippen LogP contribution is -2.55. The number of nitrogens with zero attached hydrogens (tertiary/aromatic N) is 1. The molecule has 0 spiro atoms. The van der Waals surface area contributed by atoms with Gasteiger partial charge in [0.2, 0.25) is 5.91 Å². The molecule has 92 valence electrons. The maximum atomic E-state index is 11.3. The zero-order valence-electron chi connectivity index (χ0n) is 9.63. The van der Waals surface area contributed by atoms with Crippen LogP contribution in [0.4, 0.5) is 0 Å². The Kier molecular flexibility index (Phi) is 3.95. The fraction of sp³-hybridized carbons (Fsp3) is 0.417. The molecule has 1 aliphatic heterocycles. The van der Waals surface area contributed by atoms with Crippen molar-refractivity contribution in [2.45, 2.75) is 25.3 Å². The molecule has 1 aromatic carbocycles. The van der Waals surface area contributed by atoms with E-state index in [4.69, 9.17) is 10.6 Å². The molecule has 1 heterocycles. The summed E-state index contributed by atoms with van der Waals surface area (Å²) in [4.78, 5) is 16.7. The molecule has 0 aliphatic carbocycles. The van der Waals surface area contributed by atoms with Crippen LogP contribution in [0.25, 0.3) is 0 Å². The predicted molar refractivity (Wildman–Crippen MR) is 63.7 cm³/mol. The molecule has 1 aromatic rings. The summed E-state index contributed by atoms with van der Waals surface area (Å²) in [7, 11) is 0. The summed E-state index contributed by atoms with van der Waals surface area (Å²) in [6.45, 7) is 0.764. The molecule has 2 rings (SSSR count). The van der Waals surface area contributed by atoms with Gasteiger partial charge in [0, 0.05) is 6.54 Å². The molecule has 0 bridgehead atoms. The number of hydrazine groups is 1. The number of para-hydroxylation sites is 1. The number of amides is 1. The number of carbonyl (C=O) groups is 1. The summed E-state index contributed by atoms with van der Waals surface area (Å²) in [6.07, 6.45) is 2.84. The van der Waals surface area contributed by atoms with Crippen LogP contribution in [0.1, 0.15) is 19.3 Å². The van der Waals surface area contributed by atoms with Gasteiger partial charge in [0.25, 0.3) is 0 Å². The Morgan fingerprint density at radius 2 is 2.12 bits per heavy atom. The zero-order valence-corrected chi connectivity index (χ0v) is 9.63. The maximum absolute atomic E-state index is 11.3. The molecule has 3 N–H and O–H groups in total. The summed E-state index contributed by atoms with van der Waals surface area (Å²) >= 11 is 0. The molecule has 1 amide bonds. The molecule has 0 aromatic heterocycles. The summed E-state index contributed by atoms with van der Waals surface area (Å²) in [5, 5.41) is 1.76. The number of benzene rings is 1. The van der Waals surface area contributed by atoms with E-state index in [1.807, 2.05) is 30.3 Å². The molecular weight excluding hydrogens is 218 g/mol. The van der Waals surface area contributed by atoms with E-state index in [1.165, 1.54) is 0 Å². The Morgan fingerprint density at radius 1 is 1.35 bits per heavy atom. The van der Waals surface area contributed by atoms with Gasteiger partial charge >= 0.3 is 0 Å². The van der Waals surface area contributed by atoms with Crippen LogP contribution in [0.15, 0.2) is 30.3 Å². The van der Waals surface area contributed by atoms with Gasteiger partial charge in [-0.1, -0.05) is 23.8 Å². The van der Waals surface area contributed by atoms with Gasteiger partial charge in [-0.05, 0) is 31.4 Å². The van der Waals surface area contributed by atoms with Crippen molar-refractivity contribution in [3.8, 4) is 5.75 Å². The van der Waals surface area contributed by atoms with Crippen molar-refractivity contribution in [3.05, 3.63) is 30.3 Å². The van der Waals surface area contributed by atoms with Crippen LogP contribution in [0, 0.1) is 0 Å². The van der Waals surface area contributed by atoms with Gasteiger partial charge in [0.05, 0.1) is 0 Å². The molecule has 0 radical (unpaired) electrons. The molecule has 1 aliphatic rings. The second kappa shape index (κ2) is 5.65. The van der Waals surface area contributed by atoms with E-state index in [2.05, 4.69) is 5.59 Å². The van der Waals surface area contributed by atoms with E-state index < -0.39 is 0 Å². The first-order valence-corrected chi connectivity index (χ1v) is 5.81. The lowest BCUT2D eigenvalue weighted by Gasteiger charge is -2.32. The first-order valence-electron chi connectivity index (χ1n) is 5.81. The molecular formula is C12H17N3O2. The average Bonchev–Trinajstić information content (AvgIpc) is 2.38. The highest BCUT2D eigenvalue weighted by Gasteiger charge is 2.27. The Bertz CT molecular complexity index is 369. The monoisotopic (exact) mass is 235 g/mol. The van der Waals surface area contributed by atoms with E-state index in [9.17, 15) is 4.79 Å². The zero-order chi connectivity index (χ0) is 12.1. The highest BCUT2D eigenvalue weighted by Crippen LogP contribution is 2.15. The van der Waals surface area contributed by atoms with Gasteiger partial charge in [0.1, 0.15) is 11.8 Å². The standard InChI is InChI=1S/C12H17N3O2/c13-12(16)11-8-4-5-9-15(11)14-17-10-6-2-1-3-7-10/h1-3,6-7,11,14H,4-5,8-9H2,(H2,13,16)/t11-/m0/s1. The van der Waals surface area contributed by atoms with Crippen LogP contribution >= 0.6 is 0 Å². The second-order valence-corrected chi connectivity index (χ2v) is 4.11. The number of nitrogens with two attached hydrogens (primary N) is 1. The lowest BCUT2D eigenvalue weighted by atomic mass is 10.0. The van der Waals surface area contributed by atoms with Crippen LogP contribution in [0.2, 0.25) is 0 Å². The van der Waals surface area contributed by atoms with E-state index >= 15 is 0 Å². The average molecular weight is 235 g/mol. The Balaban J connectivity index is 1.90. The van der Waals surface area contributed by atoms with Crippen molar-refractivity contribution >= 4 is 5.91 Å². The Morgan fingerprint density at radius 3 is 2.82 bits per heavy atom. The third kappa shape index (κ3) is 3.18. The third-order valence-corrected chi connectivity index (χ3v) is 2.86. The Labute approximate surface area is 100 Å². The summed E-state index contributed by atoms with van der Waals surface area (Å²) in [5.74, 6) is 0.398. The van der Waals surface area contributed by atoms with Crippen LogP contribution in [0.5, 0.6) is 5.75 Å². The quantitative estimate of drug-likeness (QED) is 0.758. The minimum Gasteiger partial charge on any atom is -0.394 e. The van der Waals surface area contributed by atoms with Gasteiger partial charge in [-0.25, -0.2) is 0 Å². The molecule has 5 nitrogen and oxygen atoms in total. The van der Waals surface area contributed by atoms with Crippen LogP contribution < -0.4 is 16.2 Å². The fourth-order valence-electron chi connectivity index (χ4n) is 1.94. The number of rotatable bonds is 4. The van der Waals surface area contributed by atoms with Crippen LogP contribution in [-0.2, 0) is 4.79 Å². The topological polar surface area (TPSA) is 67.6 Å². The number of primary amides is 1. The molecule has 0 unspecified atom stereocenters. The van der Waals surface area contributed by atoms with E-state index in [0.29, 0.717) is 5.75 Å². The van der Waals surface area contributed by atoms with Gasteiger partial charge < -0.3 is 10.6 Å². The Hall–Kier alpha value is -1.59. The highest BCUT2D eigenvalue weighted by atomic mass is 16.7. The molecule has 1 fully saturated rings. The largest absolute Gasteiger partial charge is 0.394 e. The number of piperidine rings is 1. The minimum absolute atomic E-state index is 0.285. The van der Waals surface area contributed by atoms with Gasteiger partial charge in [-0.3, -0.25) is 4.79 Å². The van der Waals surface area contributed by atoms with Crippen LogP contribution in [-0.4, -0.2) is 23.5 Å². The van der Waals surface area contributed by atoms with Crippen molar-refractivity contribution in [1.29, 1.82) is 0 Å². The third-order valence-electron chi connectivity index (χ3n) is 2.86. The van der Waals surface area contributed by atoms with Crippen molar-refractivity contribution in [3.63, 3.8) is 0 Å². The number of carbonyl (C=O) groups excluding carboxylic acids is 1. The molecule has 1 atom stereocenters. The normalized spacial score (nSPS) is 21.1. The van der Waals surface area contributed by atoms with Crippen LogP contribution in [0.3, 0.4) is 0 Å². The first-order chi connectivity index (χ1) is 8.27. The summed E-state index contributed by atoms with van der Waals surface area (Å²) in [5.41, 5.74) is 8.15. The molecule has 0 saturated carbocycles. The maximum Gasteiger partial charge on any atom is 0.236 e. The van der Waals surface area contributed by atoms with Gasteiger partial charge in [-0.2, -0.15) is 5.01 Å². The lowest BCUT2D eigenvalue weighted by molar-refractivity contribution is -0.131. The fourth-order valence-corrected chi connectivity index (χ4v) is 1.94. The smallest absolute Gasteiger partial charge is 0.236 e. The minimum atomic E-state index is -0.311. The van der Waals surface area contributed by atoms with Crippen molar-refractivity contribution in [2.24, 2.45) is 5.73 Å². The summed E-state index contributed by atoms with van der Waals surface area (Å²) < 4.78 is 0. The van der Waals surface area contributed by atoms with Gasteiger partial charge in [0.15, 0.2) is 0 Å². The van der Waals surface area contributed by atoms with Crippen molar-refractivity contribution < 1.29 is 9.63 Å². The van der Waals surface area contributed by atoms with Gasteiger partial charge in [-0.15, -0.1) is 0 Å². The summed E-state index contributed by atoms with van der Waals surface area (Å²) in [6, 6.07) is 9.09. The number of hydrogen-bond acceptors (Lipinski definition) is 4. The first kappa shape index (κ1) is 11.9. The molecule has 5 heteroatoms. The second-order valence-electron chi connectivity index (χ2n) is 4.11. The van der Waals surface area contributed by atoms with Crippen molar-refractivity contribution in [1.82, 2.24) is 10.6 Å². The highest BCUT2D eigenvalue weighted by molar-refractivity contribution is 5.79. The van der Waals surface area contributed by atoms with E-state index in [-0.39, 0.29) is 11.9 Å². The number of nitrogens with one attached hydrogen (secondary N) is 1. The number of hydrogen-bond donors (Lipinski definition) is 2. The SMILES string of the molecule is NC(=O)[C@@H]1CCCCN1NOc1ccccc1. The van der Waals surface area contributed by atoms with Crippen molar-refractivity contribution in [2.75, 3.05) is 6.54 Å². The predicted octanol–water partition coefficient (Wildman–Crippen LogP) is 0.825.